The van der Waals surface area contributed by atoms with E-state index in [1.54, 1.807) is 52.0 Å². The summed E-state index contributed by atoms with van der Waals surface area (Å²) in [5.74, 6) is -2.13. The van der Waals surface area contributed by atoms with Gasteiger partial charge in [-0.25, -0.2) is 17.2 Å². The van der Waals surface area contributed by atoms with Crippen molar-refractivity contribution in [3.05, 3.63) is 95.6 Å². The molecule has 0 saturated heterocycles. The summed E-state index contributed by atoms with van der Waals surface area (Å²) in [5.41, 5.74) is 1.10. The maximum atomic E-state index is 13.8. The molecular formula is C29H33F2N3O4S. The fourth-order valence-electron chi connectivity index (χ4n) is 3.82. The third-order valence-electron chi connectivity index (χ3n) is 5.93. The van der Waals surface area contributed by atoms with Gasteiger partial charge in [0.25, 0.3) is 10.0 Å². The molecule has 39 heavy (non-hydrogen) atoms. The zero-order chi connectivity index (χ0) is 29.0. The highest BCUT2D eigenvalue weighted by Crippen LogP contribution is 2.25. The second kappa shape index (κ2) is 11.9. The van der Waals surface area contributed by atoms with Crippen LogP contribution in [0, 0.1) is 18.6 Å². The summed E-state index contributed by atoms with van der Waals surface area (Å²) in [6.45, 7) is 8.11. The molecule has 0 aromatic heterocycles. The summed E-state index contributed by atoms with van der Waals surface area (Å²) in [5, 5.41) is 2.84. The van der Waals surface area contributed by atoms with Crippen LogP contribution in [0.15, 0.2) is 77.7 Å². The molecule has 0 spiro atoms. The van der Waals surface area contributed by atoms with E-state index < -0.39 is 51.6 Å². The third-order valence-corrected chi connectivity index (χ3v) is 7.72. The molecule has 0 aliphatic carbocycles. The maximum absolute atomic E-state index is 13.8. The summed E-state index contributed by atoms with van der Waals surface area (Å²) in [6.07, 6.45) is 0. The van der Waals surface area contributed by atoms with E-state index in [0.717, 1.165) is 34.1 Å². The predicted molar refractivity (Wildman–Crippen MR) is 146 cm³/mol. The SMILES string of the molecule is Cc1ccc(N(CC(=O)N(Cc2ccc(F)cc2)[C@@H](C)C(=O)NC(C)(C)C)S(=O)(=O)c2ccc(F)cc2)cc1. The van der Waals surface area contributed by atoms with Crippen molar-refractivity contribution < 1.29 is 26.8 Å². The van der Waals surface area contributed by atoms with Crippen LogP contribution in [0.3, 0.4) is 0 Å². The Balaban J connectivity index is 2.02. The molecule has 10 heteroatoms. The van der Waals surface area contributed by atoms with Crippen LogP contribution < -0.4 is 9.62 Å². The number of hydrogen-bond acceptors (Lipinski definition) is 4. The van der Waals surface area contributed by atoms with Crippen molar-refractivity contribution in [1.29, 1.82) is 0 Å². The summed E-state index contributed by atoms with van der Waals surface area (Å²) in [6, 6.07) is 15.4. The van der Waals surface area contributed by atoms with Crippen molar-refractivity contribution in [3.8, 4) is 0 Å². The van der Waals surface area contributed by atoms with Crippen LogP contribution in [0.25, 0.3) is 0 Å². The van der Waals surface area contributed by atoms with Crippen LogP contribution in [0.5, 0.6) is 0 Å². The molecule has 3 rings (SSSR count). The zero-order valence-electron chi connectivity index (χ0n) is 22.6. The minimum absolute atomic E-state index is 0.0593. The van der Waals surface area contributed by atoms with Crippen LogP contribution >= 0.6 is 0 Å². The number of rotatable bonds is 9. The number of nitrogens with one attached hydrogen (secondary N) is 1. The highest BCUT2D eigenvalue weighted by molar-refractivity contribution is 7.92. The van der Waals surface area contributed by atoms with Gasteiger partial charge < -0.3 is 10.2 Å². The van der Waals surface area contributed by atoms with Gasteiger partial charge in [0.1, 0.15) is 24.2 Å². The molecule has 0 aliphatic heterocycles. The number of nitrogens with zero attached hydrogens (tertiary/aromatic N) is 2. The molecule has 0 heterocycles. The number of amides is 2. The first-order chi connectivity index (χ1) is 18.2. The lowest BCUT2D eigenvalue weighted by molar-refractivity contribution is -0.140. The number of benzene rings is 3. The van der Waals surface area contributed by atoms with Gasteiger partial charge in [-0.1, -0.05) is 29.8 Å². The molecule has 3 aromatic rings. The lowest BCUT2D eigenvalue weighted by Crippen LogP contribution is -2.54. The molecule has 0 saturated carbocycles. The van der Waals surface area contributed by atoms with E-state index >= 15 is 0 Å². The second-order valence-electron chi connectivity index (χ2n) is 10.4. The van der Waals surface area contributed by atoms with Gasteiger partial charge in [0, 0.05) is 12.1 Å². The van der Waals surface area contributed by atoms with E-state index in [1.807, 2.05) is 6.92 Å². The van der Waals surface area contributed by atoms with E-state index in [-0.39, 0.29) is 17.1 Å². The van der Waals surface area contributed by atoms with Crippen molar-refractivity contribution in [3.63, 3.8) is 0 Å². The Morgan fingerprint density at radius 2 is 1.38 bits per heavy atom. The molecule has 1 N–H and O–H groups in total. The predicted octanol–water partition coefficient (Wildman–Crippen LogP) is 4.80. The van der Waals surface area contributed by atoms with Crippen LogP contribution in [0.2, 0.25) is 0 Å². The molecular weight excluding hydrogens is 524 g/mol. The van der Waals surface area contributed by atoms with E-state index in [9.17, 15) is 26.8 Å². The Bertz CT molecular complexity index is 1400. The molecule has 3 aromatic carbocycles. The minimum Gasteiger partial charge on any atom is -0.350 e. The first-order valence-electron chi connectivity index (χ1n) is 12.4. The van der Waals surface area contributed by atoms with Gasteiger partial charge in [0.2, 0.25) is 11.8 Å². The van der Waals surface area contributed by atoms with Crippen molar-refractivity contribution in [1.82, 2.24) is 10.2 Å². The largest absolute Gasteiger partial charge is 0.350 e. The van der Waals surface area contributed by atoms with Crippen LogP contribution in [0.4, 0.5) is 14.5 Å². The van der Waals surface area contributed by atoms with Crippen LogP contribution in [-0.2, 0) is 26.2 Å². The van der Waals surface area contributed by atoms with E-state index in [0.29, 0.717) is 5.56 Å². The monoisotopic (exact) mass is 557 g/mol. The van der Waals surface area contributed by atoms with Crippen molar-refractivity contribution in [2.45, 2.75) is 57.6 Å². The lowest BCUT2D eigenvalue weighted by atomic mass is 10.1. The van der Waals surface area contributed by atoms with Gasteiger partial charge in [0.15, 0.2) is 0 Å². The van der Waals surface area contributed by atoms with Gasteiger partial charge in [0.05, 0.1) is 10.6 Å². The summed E-state index contributed by atoms with van der Waals surface area (Å²) >= 11 is 0. The molecule has 1 atom stereocenters. The van der Waals surface area contributed by atoms with Crippen molar-refractivity contribution in [2.75, 3.05) is 10.8 Å². The first-order valence-corrected chi connectivity index (χ1v) is 13.8. The van der Waals surface area contributed by atoms with Gasteiger partial charge in [-0.05, 0) is 88.7 Å². The third kappa shape index (κ3) is 7.86. The number of halogens is 2. The number of carbonyl (C=O) groups is 2. The van der Waals surface area contributed by atoms with E-state index in [1.165, 1.54) is 29.2 Å². The molecule has 7 nitrogen and oxygen atoms in total. The van der Waals surface area contributed by atoms with Crippen LogP contribution in [-0.4, -0.2) is 43.3 Å². The minimum atomic E-state index is -4.30. The lowest BCUT2D eigenvalue weighted by Gasteiger charge is -2.33. The van der Waals surface area contributed by atoms with Gasteiger partial charge in [-0.3, -0.25) is 13.9 Å². The highest BCUT2D eigenvalue weighted by atomic mass is 32.2. The fraction of sp³-hybridized carbons (Fsp3) is 0.310. The number of sulfonamides is 1. The summed E-state index contributed by atoms with van der Waals surface area (Å²) in [7, 11) is -4.30. The van der Waals surface area contributed by atoms with E-state index in [2.05, 4.69) is 5.32 Å². The molecule has 0 radical (unpaired) electrons. The van der Waals surface area contributed by atoms with E-state index in [4.69, 9.17) is 0 Å². The summed E-state index contributed by atoms with van der Waals surface area (Å²) in [4.78, 5) is 27.9. The van der Waals surface area contributed by atoms with Crippen LogP contribution in [0.1, 0.15) is 38.8 Å². The normalized spacial score (nSPS) is 12.5. The molecule has 0 aliphatic rings. The quantitative estimate of drug-likeness (QED) is 0.410. The Kier molecular flexibility index (Phi) is 9.11. The zero-order valence-corrected chi connectivity index (χ0v) is 23.4. The smallest absolute Gasteiger partial charge is 0.264 e. The van der Waals surface area contributed by atoms with Gasteiger partial charge >= 0.3 is 0 Å². The Labute approximate surface area is 228 Å². The fourth-order valence-corrected chi connectivity index (χ4v) is 5.23. The Morgan fingerprint density at radius 3 is 1.90 bits per heavy atom. The average Bonchev–Trinajstić information content (AvgIpc) is 2.86. The van der Waals surface area contributed by atoms with Gasteiger partial charge in [-0.2, -0.15) is 0 Å². The molecule has 0 unspecified atom stereocenters. The average molecular weight is 558 g/mol. The number of hydrogen-bond donors (Lipinski definition) is 1. The molecule has 208 valence electrons. The number of aryl methyl sites for hydroxylation is 1. The molecule has 0 bridgehead atoms. The standard InChI is InChI=1S/C29H33F2N3O4S/c1-20-6-14-25(15-7-20)34(39(37,38)26-16-12-24(31)13-17-26)19-27(35)33(18-22-8-10-23(30)11-9-22)21(2)28(36)32-29(3,4)5/h6-17,21H,18-19H2,1-5H3,(H,32,36)/t21-/m0/s1. The highest BCUT2D eigenvalue weighted by Gasteiger charge is 2.33. The Hall–Kier alpha value is -3.79. The van der Waals surface area contributed by atoms with Gasteiger partial charge in [-0.15, -0.1) is 0 Å². The number of anilines is 1. The topological polar surface area (TPSA) is 86.8 Å². The number of carbonyl (C=O) groups excluding carboxylic acids is 2. The Morgan fingerprint density at radius 1 is 0.872 bits per heavy atom. The first kappa shape index (κ1) is 29.8. The molecule has 0 fully saturated rings. The summed E-state index contributed by atoms with van der Waals surface area (Å²) < 4.78 is 55.4. The van der Waals surface area contributed by atoms with Crippen molar-refractivity contribution in [2.24, 2.45) is 0 Å². The second-order valence-corrected chi connectivity index (χ2v) is 12.2. The molecule has 2 amide bonds. The maximum Gasteiger partial charge on any atom is 0.264 e. The van der Waals surface area contributed by atoms with Crippen molar-refractivity contribution >= 4 is 27.5 Å².